The van der Waals surface area contributed by atoms with Gasteiger partial charge in [0.1, 0.15) is 0 Å². The SMILES string of the molecule is CC(C)(C)c1ccc2c(c1)C(c1ccccc1)(c1ccccc1)c1cc(-c3nc(-c4cc(-c5ccccc5)cc(-c5ccccc5)c4)nc(-c4ccc5cc(-c6ccc(-c7ccc(-c8nc(-c9ccccc9)nc(-c9ccc%10c(c9)C(C)(C)c9c-%10c%10ccccc%10c%10ccccc9%10)n8)c(-c8ccccc8)c7)cc6)ccc5c4)n3)ccc1-2. The minimum Gasteiger partial charge on any atom is -0.208 e. The van der Waals surface area contributed by atoms with Gasteiger partial charge in [-0.25, -0.2) is 29.9 Å². The summed E-state index contributed by atoms with van der Waals surface area (Å²) < 4.78 is 0. The standard InChI is InChI=1S/C110H78N6/c1-108(2,3)87-55-59-91-90-56-53-81(67-98(90)110(99(91)68-87,85-36-20-10-21-37-85)86-38-22-11-23-39-86)104-112-103(113-106(114-104)84-63-82(69-28-12-6-13-29-69)62-83(64-84)70-30-14-7-15-31-70)79-51-50-76-60-75(48-49-77(76)61-79)71-44-46-72(47-45-71)78-52-57-94(96(65-78)73-32-16-8-17-33-73)107-115-102(74-34-18-9-19-35-74)111-105(116-107)80-54-58-95-97(66-80)109(4,5)101-93-43-27-25-41-89(93)88-40-24-26-42-92(88)100(95)101/h6-68H,1-5H3. The van der Waals surface area contributed by atoms with Crippen molar-refractivity contribution >= 4 is 32.3 Å². The summed E-state index contributed by atoms with van der Waals surface area (Å²) in [6, 6.07) is 138. The van der Waals surface area contributed by atoms with E-state index >= 15 is 0 Å². The summed E-state index contributed by atoms with van der Waals surface area (Å²) in [7, 11) is 0. The second-order valence-electron chi connectivity index (χ2n) is 32.5. The minimum atomic E-state index is -0.652. The van der Waals surface area contributed by atoms with Gasteiger partial charge in [-0.05, 0) is 209 Å². The third-order valence-corrected chi connectivity index (χ3v) is 24.2. The summed E-state index contributed by atoms with van der Waals surface area (Å²) in [4.78, 5) is 32.7. The molecule has 0 N–H and O–H groups in total. The lowest BCUT2D eigenvalue weighted by molar-refractivity contribution is 0.588. The van der Waals surface area contributed by atoms with Crippen molar-refractivity contribution in [2.75, 3.05) is 0 Å². The van der Waals surface area contributed by atoms with E-state index in [2.05, 4.69) is 399 Å². The number of aromatic nitrogens is 6. The maximum absolute atomic E-state index is 5.57. The summed E-state index contributed by atoms with van der Waals surface area (Å²) in [5.41, 5.74) is 29.0. The van der Waals surface area contributed by atoms with E-state index in [1.807, 2.05) is 18.2 Å². The molecule has 0 fully saturated rings. The lowest BCUT2D eigenvalue weighted by Gasteiger charge is -2.35. The first-order valence-electron chi connectivity index (χ1n) is 40.0. The van der Waals surface area contributed by atoms with Crippen LogP contribution in [-0.2, 0) is 16.2 Å². The first kappa shape index (κ1) is 69.5. The predicted molar refractivity (Wildman–Crippen MR) is 479 cm³/mol. The van der Waals surface area contributed by atoms with Gasteiger partial charge in [0, 0.05) is 38.8 Å². The highest BCUT2D eigenvalue weighted by atomic mass is 15.0. The van der Waals surface area contributed by atoms with Gasteiger partial charge in [0.05, 0.1) is 5.41 Å². The van der Waals surface area contributed by atoms with E-state index in [4.69, 9.17) is 29.9 Å². The Morgan fingerprint density at radius 1 is 0.216 bits per heavy atom. The molecule has 0 spiro atoms. The zero-order valence-corrected chi connectivity index (χ0v) is 65.1. The van der Waals surface area contributed by atoms with Gasteiger partial charge < -0.3 is 0 Å². The average molecular weight is 1480 g/mol. The molecule has 0 bridgehead atoms. The van der Waals surface area contributed by atoms with Crippen LogP contribution in [0.2, 0.25) is 0 Å². The van der Waals surface area contributed by atoms with Crippen LogP contribution in [0.25, 0.3) is 179 Å². The molecule has 2 heterocycles. The quantitative estimate of drug-likeness (QED) is 0.107. The van der Waals surface area contributed by atoms with E-state index in [0.717, 1.165) is 99.8 Å². The molecule has 6 nitrogen and oxygen atoms in total. The van der Waals surface area contributed by atoms with Gasteiger partial charge in [-0.2, -0.15) is 0 Å². The summed E-state index contributed by atoms with van der Waals surface area (Å²) in [5.74, 6) is 3.61. The Labute approximate surface area is 676 Å². The van der Waals surface area contributed by atoms with Crippen LogP contribution in [0.1, 0.15) is 73.6 Å². The van der Waals surface area contributed by atoms with Crippen molar-refractivity contribution < 1.29 is 0 Å². The molecule has 0 atom stereocenters. The summed E-state index contributed by atoms with van der Waals surface area (Å²) >= 11 is 0. The van der Waals surface area contributed by atoms with Crippen molar-refractivity contribution in [2.45, 2.75) is 50.9 Å². The average Bonchev–Trinajstić information content (AvgIpc) is 1.53. The minimum absolute atomic E-state index is 0.0813. The van der Waals surface area contributed by atoms with Gasteiger partial charge in [0.25, 0.3) is 0 Å². The third kappa shape index (κ3) is 11.9. The van der Waals surface area contributed by atoms with E-state index in [0.29, 0.717) is 34.9 Å². The van der Waals surface area contributed by atoms with Gasteiger partial charge in [0.15, 0.2) is 34.9 Å². The lowest BCUT2D eigenvalue weighted by atomic mass is 9.67. The molecule has 0 saturated carbocycles. The maximum Gasteiger partial charge on any atom is 0.164 e. The Balaban J connectivity index is 0.642. The molecular weight excluding hydrogens is 1410 g/mol. The molecule has 0 amide bonds. The van der Waals surface area contributed by atoms with Gasteiger partial charge in [-0.1, -0.05) is 362 Å². The highest BCUT2D eigenvalue weighted by molar-refractivity contribution is 6.18. The number of nitrogens with zero attached hydrogens (tertiary/aromatic N) is 6. The van der Waals surface area contributed by atoms with Crippen LogP contribution in [0.4, 0.5) is 0 Å². The second kappa shape index (κ2) is 27.7. The summed E-state index contributed by atoms with van der Waals surface area (Å²) in [6.07, 6.45) is 0. The molecule has 6 heteroatoms. The Morgan fingerprint density at radius 3 is 1.12 bits per heavy atom. The van der Waals surface area contributed by atoms with Crippen molar-refractivity contribution in [2.24, 2.45) is 0 Å². The first-order valence-corrected chi connectivity index (χ1v) is 40.0. The maximum atomic E-state index is 5.57. The zero-order chi connectivity index (χ0) is 77.8. The fourth-order valence-electron chi connectivity index (χ4n) is 18.4. The monoisotopic (exact) mass is 1480 g/mol. The van der Waals surface area contributed by atoms with Gasteiger partial charge in [0.2, 0.25) is 0 Å². The number of rotatable bonds is 13. The van der Waals surface area contributed by atoms with E-state index in [1.165, 1.54) is 82.7 Å². The number of fused-ring (bicyclic) bond motifs is 12. The second-order valence-corrected chi connectivity index (χ2v) is 32.5. The lowest BCUT2D eigenvalue weighted by Crippen LogP contribution is -2.29. The van der Waals surface area contributed by atoms with Crippen molar-refractivity contribution in [3.63, 3.8) is 0 Å². The number of hydrogen-bond acceptors (Lipinski definition) is 6. The molecule has 2 aromatic heterocycles. The van der Waals surface area contributed by atoms with Crippen molar-refractivity contribution in [3.8, 4) is 146 Å². The molecule has 0 unspecified atom stereocenters. The van der Waals surface area contributed by atoms with Crippen LogP contribution in [0.15, 0.2) is 382 Å². The van der Waals surface area contributed by atoms with Crippen LogP contribution in [0, 0.1) is 0 Å². The molecule has 0 saturated heterocycles. The van der Waals surface area contributed by atoms with E-state index in [-0.39, 0.29) is 10.8 Å². The smallest absolute Gasteiger partial charge is 0.164 e. The fourth-order valence-corrected chi connectivity index (χ4v) is 18.4. The van der Waals surface area contributed by atoms with Gasteiger partial charge >= 0.3 is 0 Å². The van der Waals surface area contributed by atoms with Gasteiger partial charge in [-0.15, -0.1) is 0 Å². The van der Waals surface area contributed by atoms with Crippen LogP contribution in [0.3, 0.4) is 0 Å². The van der Waals surface area contributed by atoms with E-state index in [9.17, 15) is 0 Å². The van der Waals surface area contributed by atoms with Crippen molar-refractivity contribution in [3.05, 3.63) is 421 Å². The topological polar surface area (TPSA) is 77.3 Å². The Bertz CT molecular complexity index is 7000. The molecule has 19 aromatic rings. The molecule has 0 radical (unpaired) electrons. The zero-order valence-electron chi connectivity index (χ0n) is 65.1. The van der Waals surface area contributed by atoms with Crippen LogP contribution >= 0.6 is 0 Å². The Morgan fingerprint density at radius 2 is 0.569 bits per heavy atom. The van der Waals surface area contributed by atoms with E-state index in [1.54, 1.807) is 0 Å². The van der Waals surface area contributed by atoms with Crippen molar-refractivity contribution in [1.82, 2.24) is 29.9 Å². The molecule has 0 aliphatic heterocycles. The molecule has 2 aliphatic rings. The summed E-state index contributed by atoms with van der Waals surface area (Å²) in [6.45, 7) is 11.6. The first-order chi connectivity index (χ1) is 56.8. The normalized spacial score (nSPS) is 13.0. The Kier molecular flexibility index (Phi) is 16.6. The molecule has 2 aliphatic carbocycles. The predicted octanol–water partition coefficient (Wildman–Crippen LogP) is 27.8. The van der Waals surface area contributed by atoms with E-state index < -0.39 is 5.41 Å². The molecule has 548 valence electrons. The number of hydrogen-bond donors (Lipinski definition) is 0. The molecular formula is C110H78N6. The highest BCUT2D eigenvalue weighted by Crippen LogP contribution is 2.59. The molecule has 21 rings (SSSR count). The Hall–Kier alpha value is -14.5. The highest BCUT2D eigenvalue weighted by Gasteiger charge is 2.47. The third-order valence-electron chi connectivity index (χ3n) is 24.2. The van der Waals surface area contributed by atoms with Crippen LogP contribution in [-0.4, -0.2) is 29.9 Å². The molecule has 116 heavy (non-hydrogen) atoms. The van der Waals surface area contributed by atoms with Gasteiger partial charge in [-0.3, -0.25) is 0 Å². The van der Waals surface area contributed by atoms with Crippen LogP contribution < -0.4 is 0 Å². The number of benzene rings is 17. The molecule has 17 aromatic carbocycles. The van der Waals surface area contributed by atoms with Crippen LogP contribution in [0.5, 0.6) is 0 Å². The summed E-state index contributed by atoms with van der Waals surface area (Å²) in [5, 5.41) is 7.29. The van der Waals surface area contributed by atoms with Crippen molar-refractivity contribution in [1.29, 1.82) is 0 Å². The fraction of sp³-hybridized carbons (Fsp3) is 0.0727. The largest absolute Gasteiger partial charge is 0.208 e.